The van der Waals surface area contributed by atoms with Gasteiger partial charge in [-0.05, 0) is 24.5 Å². The summed E-state index contributed by atoms with van der Waals surface area (Å²) in [4.78, 5) is 0. The number of aryl methyl sites for hydroxylation is 2. The average molecular weight is 246 g/mol. The van der Waals surface area contributed by atoms with E-state index in [9.17, 15) is 5.11 Å². The number of nitrogens with zero attached hydrogens (tertiary/aromatic N) is 2. The second-order valence-electron chi connectivity index (χ2n) is 4.32. The van der Waals surface area contributed by atoms with Gasteiger partial charge in [0.2, 0.25) is 0 Å². The van der Waals surface area contributed by atoms with Crippen LogP contribution in [0.2, 0.25) is 0 Å². The van der Waals surface area contributed by atoms with Gasteiger partial charge in [0.05, 0.1) is 19.4 Å². The fraction of sp³-hybridized carbons (Fsp3) is 0.357. The summed E-state index contributed by atoms with van der Waals surface area (Å²) in [5.41, 5.74) is 1.97. The van der Waals surface area contributed by atoms with E-state index in [1.165, 1.54) is 0 Å². The second-order valence-corrected chi connectivity index (χ2v) is 4.32. The maximum atomic E-state index is 10.2. The van der Waals surface area contributed by atoms with Crippen LogP contribution < -0.4 is 4.74 Å². The molecule has 0 saturated heterocycles. The van der Waals surface area contributed by atoms with Crippen LogP contribution in [-0.2, 0) is 13.5 Å². The normalized spacial score (nSPS) is 12.4. The first-order valence-corrected chi connectivity index (χ1v) is 5.99. The topological polar surface area (TPSA) is 47.3 Å². The van der Waals surface area contributed by atoms with Crippen LogP contribution in [0, 0.1) is 0 Å². The van der Waals surface area contributed by atoms with Gasteiger partial charge >= 0.3 is 0 Å². The molecule has 18 heavy (non-hydrogen) atoms. The number of benzene rings is 1. The quantitative estimate of drug-likeness (QED) is 0.878. The SMILES string of the molecule is COc1ccccc1C(O)CCc1cnn(C)c1. The third-order valence-electron chi connectivity index (χ3n) is 2.96. The molecule has 0 aliphatic heterocycles. The van der Waals surface area contributed by atoms with Gasteiger partial charge in [0.1, 0.15) is 5.75 Å². The Bertz CT molecular complexity index is 508. The molecule has 1 aromatic carbocycles. The van der Waals surface area contributed by atoms with E-state index in [0.29, 0.717) is 6.42 Å². The molecule has 1 aromatic heterocycles. The van der Waals surface area contributed by atoms with Crippen molar-refractivity contribution < 1.29 is 9.84 Å². The van der Waals surface area contributed by atoms with Crippen LogP contribution >= 0.6 is 0 Å². The number of methoxy groups -OCH3 is 1. The number of rotatable bonds is 5. The molecule has 0 aliphatic rings. The third kappa shape index (κ3) is 2.90. The molecule has 0 amide bonds. The van der Waals surface area contributed by atoms with Crippen molar-refractivity contribution >= 4 is 0 Å². The minimum Gasteiger partial charge on any atom is -0.496 e. The van der Waals surface area contributed by atoms with Gasteiger partial charge in [-0.15, -0.1) is 0 Å². The van der Waals surface area contributed by atoms with Gasteiger partial charge in [0, 0.05) is 18.8 Å². The molecule has 1 unspecified atom stereocenters. The minimum atomic E-state index is -0.513. The Kier molecular flexibility index (Phi) is 3.99. The van der Waals surface area contributed by atoms with Crippen molar-refractivity contribution in [2.24, 2.45) is 7.05 Å². The van der Waals surface area contributed by atoms with Crippen LogP contribution in [0.3, 0.4) is 0 Å². The molecule has 1 atom stereocenters. The van der Waals surface area contributed by atoms with E-state index < -0.39 is 6.10 Å². The molecule has 0 radical (unpaired) electrons. The maximum Gasteiger partial charge on any atom is 0.124 e. The first-order valence-electron chi connectivity index (χ1n) is 5.99. The largest absolute Gasteiger partial charge is 0.496 e. The lowest BCUT2D eigenvalue weighted by molar-refractivity contribution is 0.163. The Morgan fingerprint density at radius 2 is 2.17 bits per heavy atom. The summed E-state index contributed by atoms with van der Waals surface area (Å²) in [5, 5.41) is 14.3. The summed E-state index contributed by atoms with van der Waals surface area (Å²) in [6.45, 7) is 0. The van der Waals surface area contributed by atoms with Gasteiger partial charge in [-0.1, -0.05) is 18.2 Å². The maximum absolute atomic E-state index is 10.2. The predicted octanol–water partition coefficient (Wildman–Crippen LogP) is 2.09. The highest BCUT2D eigenvalue weighted by molar-refractivity contribution is 5.35. The van der Waals surface area contributed by atoms with E-state index in [0.717, 1.165) is 23.3 Å². The van der Waals surface area contributed by atoms with Crippen LogP contribution in [0.5, 0.6) is 5.75 Å². The molecule has 0 aliphatic carbocycles. The summed E-state index contributed by atoms with van der Waals surface area (Å²) in [7, 11) is 3.51. The Hall–Kier alpha value is -1.81. The number of hydrogen-bond donors (Lipinski definition) is 1. The fourth-order valence-corrected chi connectivity index (χ4v) is 2.00. The minimum absolute atomic E-state index is 0.513. The molecule has 1 heterocycles. The van der Waals surface area contributed by atoms with Crippen molar-refractivity contribution in [1.82, 2.24) is 9.78 Å². The van der Waals surface area contributed by atoms with Crippen molar-refractivity contribution in [2.45, 2.75) is 18.9 Å². The van der Waals surface area contributed by atoms with Crippen LogP contribution in [0.25, 0.3) is 0 Å². The number of ether oxygens (including phenoxy) is 1. The molecule has 2 aromatic rings. The Morgan fingerprint density at radius 3 is 2.83 bits per heavy atom. The lowest BCUT2D eigenvalue weighted by Crippen LogP contribution is -2.02. The Labute approximate surface area is 107 Å². The lowest BCUT2D eigenvalue weighted by Gasteiger charge is -2.14. The van der Waals surface area contributed by atoms with Gasteiger partial charge in [-0.3, -0.25) is 4.68 Å². The molecule has 4 heteroatoms. The van der Waals surface area contributed by atoms with Crippen LogP contribution in [-0.4, -0.2) is 22.0 Å². The smallest absolute Gasteiger partial charge is 0.124 e. The highest BCUT2D eigenvalue weighted by atomic mass is 16.5. The van der Waals surface area contributed by atoms with Gasteiger partial charge in [0.25, 0.3) is 0 Å². The molecule has 1 N–H and O–H groups in total. The van der Waals surface area contributed by atoms with Gasteiger partial charge in [-0.25, -0.2) is 0 Å². The van der Waals surface area contributed by atoms with E-state index in [4.69, 9.17) is 4.74 Å². The van der Waals surface area contributed by atoms with E-state index in [1.54, 1.807) is 11.8 Å². The first kappa shape index (κ1) is 12.6. The van der Waals surface area contributed by atoms with Crippen molar-refractivity contribution in [3.8, 4) is 5.75 Å². The standard InChI is InChI=1S/C14H18N2O2/c1-16-10-11(9-15-16)7-8-13(17)12-5-3-4-6-14(12)18-2/h3-6,9-10,13,17H,7-8H2,1-2H3. The Morgan fingerprint density at radius 1 is 1.39 bits per heavy atom. The summed E-state index contributed by atoms with van der Waals surface area (Å²) in [6, 6.07) is 7.57. The monoisotopic (exact) mass is 246 g/mol. The van der Waals surface area contributed by atoms with Crippen molar-refractivity contribution in [2.75, 3.05) is 7.11 Å². The third-order valence-corrected chi connectivity index (χ3v) is 2.96. The molecular weight excluding hydrogens is 228 g/mol. The number of aliphatic hydroxyl groups is 1. The van der Waals surface area contributed by atoms with E-state index in [2.05, 4.69) is 5.10 Å². The molecule has 96 valence electrons. The van der Waals surface area contributed by atoms with Gasteiger partial charge in [0.15, 0.2) is 0 Å². The van der Waals surface area contributed by atoms with E-state index >= 15 is 0 Å². The highest BCUT2D eigenvalue weighted by Gasteiger charge is 2.12. The van der Waals surface area contributed by atoms with E-state index in [-0.39, 0.29) is 0 Å². The number of aliphatic hydroxyl groups excluding tert-OH is 1. The second kappa shape index (κ2) is 5.69. The molecule has 2 rings (SSSR count). The lowest BCUT2D eigenvalue weighted by atomic mass is 10.0. The van der Waals surface area contributed by atoms with Crippen molar-refractivity contribution in [3.63, 3.8) is 0 Å². The number of hydrogen-bond acceptors (Lipinski definition) is 3. The van der Waals surface area contributed by atoms with Crippen LogP contribution in [0.15, 0.2) is 36.7 Å². The number of para-hydroxylation sites is 1. The summed E-state index contributed by atoms with van der Waals surface area (Å²) >= 11 is 0. The summed E-state index contributed by atoms with van der Waals surface area (Å²) in [5.74, 6) is 0.733. The van der Waals surface area contributed by atoms with Crippen LogP contribution in [0.1, 0.15) is 23.7 Å². The highest BCUT2D eigenvalue weighted by Crippen LogP contribution is 2.27. The molecule has 0 spiro atoms. The zero-order valence-corrected chi connectivity index (χ0v) is 10.7. The Balaban J connectivity index is 2.01. The van der Waals surface area contributed by atoms with E-state index in [1.807, 2.05) is 43.7 Å². The summed E-state index contributed by atoms with van der Waals surface area (Å²) < 4.78 is 7.01. The molecular formula is C14H18N2O2. The van der Waals surface area contributed by atoms with Crippen molar-refractivity contribution in [1.29, 1.82) is 0 Å². The average Bonchev–Trinajstić information content (AvgIpc) is 2.81. The first-order chi connectivity index (χ1) is 8.70. The predicted molar refractivity (Wildman–Crippen MR) is 69.5 cm³/mol. The van der Waals surface area contributed by atoms with Crippen LogP contribution in [0.4, 0.5) is 0 Å². The zero-order valence-electron chi connectivity index (χ0n) is 10.7. The van der Waals surface area contributed by atoms with Crippen molar-refractivity contribution in [3.05, 3.63) is 47.8 Å². The van der Waals surface area contributed by atoms with Gasteiger partial charge in [-0.2, -0.15) is 5.10 Å². The molecule has 0 bridgehead atoms. The fourth-order valence-electron chi connectivity index (χ4n) is 2.00. The zero-order chi connectivity index (χ0) is 13.0. The molecule has 0 saturated carbocycles. The number of aromatic nitrogens is 2. The summed E-state index contributed by atoms with van der Waals surface area (Å²) in [6.07, 6.45) is 4.74. The molecule has 0 fully saturated rings. The van der Waals surface area contributed by atoms with Gasteiger partial charge < -0.3 is 9.84 Å². The molecule has 4 nitrogen and oxygen atoms in total.